The van der Waals surface area contributed by atoms with Crippen molar-refractivity contribution in [1.29, 1.82) is 0 Å². The molecule has 1 heterocycles. The zero-order chi connectivity index (χ0) is 14.5. The summed E-state index contributed by atoms with van der Waals surface area (Å²) in [4.78, 5) is 5.78. The third-order valence-electron chi connectivity index (χ3n) is 3.05. The Hall–Kier alpha value is -1.55. The van der Waals surface area contributed by atoms with Crippen molar-refractivity contribution >= 4 is 17.0 Å². The van der Waals surface area contributed by atoms with E-state index in [4.69, 9.17) is 4.74 Å². The molecule has 0 fully saturated rings. The maximum atomic E-state index is 5.78. The third-order valence-corrected chi connectivity index (χ3v) is 4.31. The summed E-state index contributed by atoms with van der Waals surface area (Å²) >= 11 is 1.75. The summed E-state index contributed by atoms with van der Waals surface area (Å²) in [5.41, 5.74) is 2.15. The lowest BCUT2D eigenvalue weighted by Gasteiger charge is -2.17. The Morgan fingerprint density at radius 3 is 2.70 bits per heavy atom. The van der Waals surface area contributed by atoms with Gasteiger partial charge < -0.3 is 10.1 Å². The smallest absolute Gasteiger partial charge is 0.142 e. The van der Waals surface area contributed by atoms with Crippen molar-refractivity contribution in [3.05, 3.63) is 39.8 Å². The highest BCUT2D eigenvalue weighted by atomic mass is 32.1. The highest BCUT2D eigenvalue weighted by Crippen LogP contribution is 2.31. The van der Waals surface area contributed by atoms with Gasteiger partial charge in [-0.3, -0.25) is 0 Å². The molecule has 0 bridgehead atoms. The van der Waals surface area contributed by atoms with Gasteiger partial charge in [0.05, 0.1) is 29.0 Å². The standard InChI is InChI=1S/C16H22N2OS/c1-5-10-19-15-9-7-6-8-14(15)18-12(3)16-11(2)17-13(4)20-16/h6-9,12,18H,5,10H2,1-4H3. The van der Waals surface area contributed by atoms with Crippen molar-refractivity contribution in [2.75, 3.05) is 11.9 Å². The minimum Gasteiger partial charge on any atom is -0.491 e. The van der Waals surface area contributed by atoms with E-state index in [0.29, 0.717) is 0 Å². The molecule has 1 aromatic heterocycles. The SMILES string of the molecule is CCCOc1ccccc1NC(C)c1sc(C)nc1C. The van der Waals surface area contributed by atoms with Gasteiger partial charge in [-0.2, -0.15) is 0 Å². The number of anilines is 1. The Morgan fingerprint density at radius 1 is 1.30 bits per heavy atom. The lowest BCUT2D eigenvalue weighted by molar-refractivity contribution is 0.318. The number of ether oxygens (including phenoxy) is 1. The lowest BCUT2D eigenvalue weighted by atomic mass is 10.2. The van der Waals surface area contributed by atoms with E-state index in [9.17, 15) is 0 Å². The van der Waals surface area contributed by atoms with Crippen LogP contribution >= 0.6 is 11.3 Å². The fourth-order valence-corrected chi connectivity index (χ4v) is 3.10. The van der Waals surface area contributed by atoms with Gasteiger partial charge in [-0.1, -0.05) is 19.1 Å². The van der Waals surface area contributed by atoms with Gasteiger partial charge in [-0.15, -0.1) is 11.3 Å². The summed E-state index contributed by atoms with van der Waals surface area (Å²) in [5, 5.41) is 4.65. The number of hydrogen-bond acceptors (Lipinski definition) is 4. The molecular formula is C16H22N2OS. The first-order valence-electron chi connectivity index (χ1n) is 7.04. The van der Waals surface area contributed by atoms with Crippen molar-refractivity contribution in [2.24, 2.45) is 0 Å². The van der Waals surface area contributed by atoms with Gasteiger partial charge in [0.1, 0.15) is 5.75 Å². The van der Waals surface area contributed by atoms with Crippen LogP contribution in [-0.2, 0) is 0 Å². The number of nitrogens with zero attached hydrogens (tertiary/aromatic N) is 1. The Balaban J connectivity index is 2.15. The van der Waals surface area contributed by atoms with Crippen molar-refractivity contribution in [3.8, 4) is 5.75 Å². The zero-order valence-electron chi connectivity index (χ0n) is 12.6. The quantitative estimate of drug-likeness (QED) is 0.835. The molecule has 20 heavy (non-hydrogen) atoms. The van der Waals surface area contributed by atoms with Crippen LogP contribution in [0.2, 0.25) is 0 Å². The molecule has 0 aliphatic heterocycles. The molecule has 0 spiro atoms. The minimum atomic E-state index is 0.229. The van der Waals surface area contributed by atoms with Crippen LogP contribution in [0.3, 0.4) is 0 Å². The van der Waals surface area contributed by atoms with Gasteiger partial charge in [-0.05, 0) is 39.3 Å². The first-order chi connectivity index (χ1) is 9.61. The lowest BCUT2D eigenvalue weighted by Crippen LogP contribution is -2.08. The highest BCUT2D eigenvalue weighted by Gasteiger charge is 2.14. The van der Waals surface area contributed by atoms with E-state index in [2.05, 4.69) is 37.1 Å². The van der Waals surface area contributed by atoms with Crippen LogP contribution in [0.1, 0.15) is 41.9 Å². The number of nitrogens with one attached hydrogen (secondary N) is 1. The molecule has 0 amide bonds. The predicted octanol–water partition coefficient (Wildman–Crippen LogP) is 4.72. The number of thiazole rings is 1. The summed E-state index contributed by atoms with van der Waals surface area (Å²) in [6, 6.07) is 8.33. The molecule has 1 unspecified atom stereocenters. The number of benzene rings is 1. The topological polar surface area (TPSA) is 34.1 Å². The summed E-state index contributed by atoms with van der Waals surface area (Å²) in [6.07, 6.45) is 1.01. The van der Waals surface area contributed by atoms with Gasteiger partial charge in [0.2, 0.25) is 0 Å². The van der Waals surface area contributed by atoms with Crippen LogP contribution in [0.5, 0.6) is 5.75 Å². The Morgan fingerprint density at radius 2 is 2.05 bits per heavy atom. The first kappa shape index (κ1) is 14.9. The number of hydrogen-bond donors (Lipinski definition) is 1. The van der Waals surface area contributed by atoms with Gasteiger partial charge in [0.25, 0.3) is 0 Å². The molecule has 0 aliphatic carbocycles. The van der Waals surface area contributed by atoms with E-state index in [1.165, 1.54) is 4.88 Å². The van der Waals surface area contributed by atoms with Crippen molar-refractivity contribution < 1.29 is 4.74 Å². The van der Waals surface area contributed by atoms with Crippen molar-refractivity contribution in [2.45, 2.75) is 40.2 Å². The molecule has 0 saturated heterocycles. The number of aryl methyl sites for hydroxylation is 2. The van der Waals surface area contributed by atoms with E-state index < -0.39 is 0 Å². The zero-order valence-corrected chi connectivity index (χ0v) is 13.4. The third kappa shape index (κ3) is 3.51. The maximum absolute atomic E-state index is 5.78. The van der Waals surface area contributed by atoms with E-state index >= 15 is 0 Å². The molecule has 0 saturated carbocycles. The molecule has 0 aliphatic rings. The number of para-hydroxylation sites is 2. The molecule has 108 valence electrons. The van der Waals surface area contributed by atoms with Gasteiger partial charge in [0, 0.05) is 4.88 Å². The minimum absolute atomic E-state index is 0.229. The number of rotatable bonds is 6. The average Bonchev–Trinajstić information content (AvgIpc) is 2.77. The van der Waals surface area contributed by atoms with Crippen LogP contribution in [0, 0.1) is 13.8 Å². The second-order valence-electron chi connectivity index (χ2n) is 4.89. The first-order valence-corrected chi connectivity index (χ1v) is 7.85. The molecule has 2 aromatic rings. The normalized spacial score (nSPS) is 12.2. The van der Waals surface area contributed by atoms with Crippen molar-refractivity contribution in [1.82, 2.24) is 4.98 Å². The van der Waals surface area contributed by atoms with Crippen molar-refractivity contribution in [3.63, 3.8) is 0 Å². The van der Waals surface area contributed by atoms with Crippen LogP contribution in [-0.4, -0.2) is 11.6 Å². The summed E-state index contributed by atoms with van der Waals surface area (Å²) in [5.74, 6) is 0.917. The van der Waals surface area contributed by atoms with E-state index in [0.717, 1.165) is 35.2 Å². The molecule has 4 heteroatoms. The molecule has 1 N–H and O–H groups in total. The van der Waals surface area contributed by atoms with Crippen LogP contribution < -0.4 is 10.1 Å². The molecular weight excluding hydrogens is 268 g/mol. The molecule has 2 rings (SSSR count). The van der Waals surface area contributed by atoms with Crippen LogP contribution in [0.15, 0.2) is 24.3 Å². The average molecular weight is 290 g/mol. The molecule has 3 nitrogen and oxygen atoms in total. The van der Waals surface area contributed by atoms with E-state index in [-0.39, 0.29) is 6.04 Å². The van der Waals surface area contributed by atoms with Crippen LogP contribution in [0.25, 0.3) is 0 Å². The van der Waals surface area contributed by atoms with E-state index in [1.54, 1.807) is 11.3 Å². The predicted molar refractivity (Wildman–Crippen MR) is 85.9 cm³/mol. The molecule has 1 aromatic carbocycles. The monoisotopic (exact) mass is 290 g/mol. The largest absolute Gasteiger partial charge is 0.491 e. The molecule has 0 radical (unpaired) electrons. The second kappa shape index (κ2) is 6.75. The van der Waals surface area contributed by atoms with Gasteiger partial charge in [-0.25, -0.2) is 4.98 Å². The second-order valence-corrected chi connectivity index (χ2v) is 6.13. The van der Waals surface area contributed by atoms with Crippen LogP contribution in [0.4, 0.5) is 5.69 Å². The summed E-state index contributed by atoms with van der Waals surface area (Å²) in [6.45, 7) is 9.13. The fourth-order valence-electron chi connectivity index (χ4n) is 2.17. The Labute approximate surface area is 125 Å². The Kier molecular flexibility index (Phi) is 5.01. The fraction of sp³-hybridized carbons (Fsp3) is 0.438. The molecule has 1 atom stereocenters. The van der Waals surface area contributed by atoms with Gasteiger partial charge >= 0.3 is 0 Å². The Bertz CT molecular complexity index is 565. The summed E-state index contributed by atoms with van der Waals surface area (Å²) < 4.78 is 5.78. The maximum Gasteiger partial charge on any atom is 0.142 e. The van der Waals surface area contributed by atoms with E-state index in [1.807, 2.05) is 25.1 Å². The highest BCUT2D eigenvalue weighted by molar-refractivity contribution is 7.11. The van der Waals surface area contributed by atoms with Gasteiger partial charge in [0.15, 0.2) is 0 Å². The summed E-state index contributed by atoms with van der Waals surface area (Å²) in [7, 11) is 0. The number of aromatic nitrogens is 1.